The number of carbonyl (C=O) groups excluding carboxylic acids is 1. The van der Waals surface area contributed by atoms with E-state index in [1.165, 1.54) is 0 Å². The average molecular weight is 206 g/mol. The first kappa shape index (κ1) is 10.0. The molecule has 0 N–H and O–H groups in total. The van der Waals surface area contributed by atoms with Crippen molar-refractivity contribution in [1.82, 2.24) is 0 Å². The van der Waals surface area contributed by atoms with Crippen LogP contribution >= 0.6 is 0 Å². The van der Waals surface area contributed by atoms with Crippen LogP contribution in [0.1, 0.15) is 29.8 Å². The van der Waals surface area contributed by atoms with Crippen molar-refractivity contribution in [2.75, 3.05) is 6.61 Å². The summed E-state index contributed by atoms with van der Waals surface area (Å²) in [5.41, 5.74) is 1.68. The summed E-state index contributed by atoms with van der Waals surface area (Å²) in [5, 5.41) is 0. The molecule has 0 bridgehead atoms. The summed E-state index contributed by atoms with van der Waals surface area (Å²) in [6.45, 7) is 4.58. The van der Waals surface area contributed by atoms with Crippen LogP contribution < -0.4 is 9.47 Å². The lowest BCUT2D eigenvalue weighted by Crippen LogP contribution is -2.07. The van der Waals surface area contributed by atoms with Gasteiger partial charge in [-0.15, -0.1) is 0 Å². The Labute approximate surface area is 89.0 Å². The van der Waals surface area contributed by atoms with Crippen LogP contribution in [0.2, 0.25) is 0 Å². The number of fused-ring (bicyclic) bond motifs is 1. The maximum Gasteiger partial charge on any atom is 0.153 e. The smallest absolute Gasteiger partial charge is 0.153 e. The SMILES string of the molecule is CC(C)Oc1cc2c(cc1C=O)OCC2. The quantitative estimate of drug-likeness (QED) is 0.711. The molecule has 2 rings (SSSR count). The van der Waals surface area contributed by atoms with E-state index in [-0.39, 0.29) is 6.10 Å². The first-order valence-corrected chi connectivity index (χ1v) is 5.12. The molecule has 1 heterocycles. The third-order valence-corrected chi connectivity index (χ3v) is 2.31. The lowest BCUT2D eigenvalue weighted by atomic mass is 10.1. The van der Waals surface area contributed by atoms with Crippen molar-refractivity contribution >= 4 is 6.29 Å². The Morgan fingerprint density at radius 2 is 2.27 bits per heavy atom. The Morgan fingerprint density at radius 3 is 2.93 bits per heavy atom. The molecule has 0 spiro atoms. The normalized spacial score (nSPS) is 13.5. The van der Waals surface area contributed by atoms with Gasteiger partial charge in [-0.3, -0.25) is 4.79 Å². The van der Waals surface area contributed by atoms with Crippen molar-refractivity contribution in [3.63, 3.8) is 0 Å². The molecule has 80 valence electrons. The van der Waals surface area contributed by atoms with Crippen molar-refractivity contribution in [3.8, 4) is 11.5 Å². The molecule has 0 amide bonds. The number of benzene rings is 1. The first-order valence-electron chi connectivity index (χ1n) is 5.12. The Morgan fingerprint density at radius 1 is 1.47 bits per heavy atom. The van der Waals surface area contributed by atoms with E-state index in [2.05, 4.69) is 0 Å². The van der Waals surface area contributed by atoms with Crippen LogP contribution in [-0.2, 0) is 6.42 Å². The summed E-state index contributed by atoms with van der Waals surface area (Å²) in [6, 6.07) is 3.67. The van der Waals surface area contributed by atoms with Gasteiger partial charge in [-0.2, -0.15) is 0 Å². The van der Waals surface area contributed by atoms with Crippen molar-refractivity contribution in [3.05, 3.63) is 23.3 Å². The summed E-state index contributed by atoms with van der Waals surface area (Å²) in [6.07, 6.45) is 1.77. The largest absolute Gasteiger partial charge is 0.493 e. The highest BCUT2D eigenvalue weighted by Gasteiger charge is 2.16. The molecule has 1 aromatic rings. The summed E-state index contributed by atoms with van der Waals surface area (Å²) in [5.74, 6) is 1.47. The predicted molar refractivity (Wildman–Crippen MR) is 56.8 cm³/mol. The number of hydrogen-bond donors (Lipinski definition) is 0. The zero-order chi connectivity index (χ0) is 10.8. The molecule has 0 radical (unpaired) electrons. The van der Waals surface area contributed by atoms with Crippen LogP contribution in [0, 0.1) is 0 Å². The molecule has 0 aliphatic carbocycles. The molecule has 3 nitrogen and oxygen atoms in total. The van der Waals surface area contributed by atoms with Gasteiger partial charge in [0.25, 0.3) is 0 Å². The molecular formula is C12H14O3. The molecule has 1 aromatic carbocycles. The number of aldehydes is 1. The van der Waals surface area contributed by atoms with Gasteiger partial charge in [-0.1, -0.05) is 0 Å². The molecule has 3 heteroatoms. The van der Waals surface area contributed by atoms with Crippen molar-refractivity contribution < 1.29 is 14.3 Å². The van der Waals surface area contributed by atoms with Crippen molar-refractivity contribution in [2.45, 2.75) is 26.4 Å². The van der Waals surface area contributed by atoms with Gasteiger partial charge in [0, 0.05) is 12.0 Å². The van der Waals surface area contributed by atoms with E-state index >= 15 is 0 Å². The van der Waals surface area contributed by atoms with Gasteiger partial charge in [0.1, 0.15) is 11.5 Å². The summed E-state index contributed by atoms with van der Waals surface area (Å²) < 4.78 is 11.0. The van der Waals surface area contributed by atoms with Gasteiger partial charge in [-0.05, 0) is 26.0 Å². The van der Waals surface area contributed by atoms with Crippen LogP contribution in [0.3, 0.4) is 0 Å². The van der Waals surface area contributed by atoms with E-state index in [9.17, 15) is 4.79 Å². The standard InChI is InChI=1S/C12H14O3/c1-8(2)15-12-5-9-3-4-14-11(9)6-10(12)7-13/h5-8H,3-4H2,1-2H3. The molecule has 0 fully saturated rings. The highest BCUT2D eigenvalue weighted by Crippen LogP contribution is 2.32. The first-order chi connectivity index (χ1) is 7.20. The number of carbonyl (C=O) groups is 1. The van der Waals surface area contributed by atoms with E-state index in [0.29, 0.717) is 17.9 Å². The Balaban J connectivity index is 2.39. The summed E-state index contributed by atoms with van der Waals surface area (Å²) >= 11 is 0. The van der Waals surface area contributed by atoms with E-state index in [0.717, 1.165) is 24.0 Å². The average Bonchev–Trinajstić information content (AvgIpc) is 2.62. The molecule has 0 atom stereocenters. The Hall–Kier alpha value is -1.51. The van der Waals surface area contributed by atoms with E-state index in [1.807, 2.05) is 19.9 Å². The van der Waals surface area contributed by atoms with E-state index < -0.39 is 0 Å². The van der Waals surface area contributed by atoms with Gasteiger partial charge in [0.05, 0.1) is 18.3 Å². The van der Waals surface area contributed by atoms with Gasteiger partial charge in [0.15, 0.2) is 6.29 Å². The third kappa shape index (κ3) is 1.96. The highest BCUT2D eigenvalue weighted by atomic mass is 16.5. The number of hydrogen-bond acceptors (Lipinski definition) is 3. The van der Waals surface area contributed by atoms with Crippen molar-refractivity contribution in [2.24, 2.45) is 0 Å². The monoisotopic (exact) mass is 206 g/mol. The fraction of sp³-hybridized carbons (Fsp3) is 0.417. The fourth-order valence-corrected chi connectivity index (χ4v) is 1.67. The Bertz CT molecular complexity index is 383. The zero-order valence-corrected chi connectivity index (χ0v) is 8.95. The molecule has 15 heavy (non-hydrogen) atoms. The third-order valence-electron chi connectivity index (χ3n) is 2.31. The van der Waals surface area contributed by atoms with Crippen LogP contribution in [0.5, 0.6) is 11.5 Å². The van der Waals surface area contributed by atoms with Crippen LogP contribution in [0.15, 0.2) is 12.1 Å². The molecular weight excluding hydrogens is 192 g/mol. The lowest BCUT2D eigenvalue weighted by molar-refractivity contribution is 0.111. The minimum atomic E-state index is 0.0732. The fourth-order valence-electron chi connectivity index (χ4n) is 1.67. The minimum Gasteiger partial charge on any atom is -0.493 e. The maximum atomic E-state index is 10.9. The van der Waals surface area contributed by atoms with Gasteiger partial charge >= 0.3 is 0 Å². The van der Waals surface area contributed by atoms with Crippen molar-refractivity contribution in [1.29, 1.82) is 0 Å². The van der Waals surface area contributed by atoms with E-state index in [1.54, 1.807) is 6.07 Å². The van der Waals surface area contributed by atoms with Crippen LogP contribution in [0.25, 0.3) is 0 Å². The second-order valence-electron chi connectivity index (χ2n) is 3.88. The molecule has 0 unspecified atom stereocenters. The zero-order valence-electron chi connectivity index (χ0n) is 8.95. The minimum absolute atomic E-state index is 0.0732. The lowest BCUT2D eigenvalue weighted by Gasteiger charge is -2.12. The van der Waals surface area contributed by atoms with Gasteiger partial charge < -0.3 is 9.47 Å². The summed E-state index contributed by atoms with van der Waals surface area (Å²) in [7, 11) is 0. The summed E-state index contributed by atoms with van der Waals surface area (Å²) in [4.78, 5) is 10.9. The van der Waals surface area contributed by atoms with Gasteiger partial charge in [-0.25, -0.2) is 0 Å². The molecule has 0 aromatic heterocycles. The number of ether oxygens (including phenoxy) is 2. The highest BCUT2D eigenvalue weighted by molar-refractivity contribution is 5.81. The molecule has 1 aliphatic rings. The van der Waals surface area contributed by atoms with Crippen LogP contribution in [0.4, 0.5) is 0 Å². The molecule has 0 saturated heterocycles. The molecule has 0 saturated carbocycles. The maximum absolute atomic E-state index is 10.9. The second kappa shape index (κ2) is 3.93. The van der Waals surface area contributed by atoms with E-state index in [4.69, 9.17) is 9.47 Å². The second-order valence-corrected chi connectivity index (χ2v) is 3.88. The molecule has 1 aliphatic heterocycles. The topological polar surface area (TPSA) is 35.5 Å². The number of rotatable bonds is 3. The van der Waals surface area contributed by atoms with Gasteiger partial charge in [0.2, 0.25) is 0 Å². The van der Waals surface area contributed by atoms with Crippen LogP contribution in [-0.4, -0.2) is 19.0 Å². The Kier molecular flexibility index (Phi) is 2.62. The predicted octanol–water partition coefficient (Wildman–Crippen LogP) is 2.22.